The second kappa shape index (κ2) is 6.33. The summed E-state index contributed by atoms with van der Waals surface area (Å²) in [6, 6.07) is 8.85. The van der Waals surface area contributed by atoms with Crippen molar-refractivity contribution in [3.8, 4) is 0 Å². The fraction of sp³-hybridized carbons (Fsp3) is 0.467. The Morgan fingerprint density at radius 3 is 2.59 bits per heavy atom. The highest BCUT2D eigenvalue weighted by molar-refractivity contribution is 5.84. The van der Waals surface area contributed by atoms with Crippen LogP contribution in [0.2, 0.25) is 0 Å². The van der Waals surface area contributed by atoms with E-state index in [1.807, 2.05) is 18.2 Å². The normalized spacial score (nSPS) is 29.7. The minimum atomic E-state index is -0.549. The quantitative estimate of drug-likeness (QED) is 0.867. The van der Waals surface area contributed by atoms with Crippen molar-refractivity contribution in [3.63, 3.8) is 0 Å². The molecule has 2 aliphatic rings. The molecule has 7 heteroatoms. The van der Waals surface area contributed by atoms with Crippen molar-refractivity contribution in [1.82, 2.24) is 5.32 Å². The molecule has 4 atom stereocenters. The Hall–Kier alpha value is -2.12. The lowest BCUT2D eigenvalue weighted by Crippen LogP contribution is -2.43. The van der Waals surface area contributed by atoms with Crippen molar-refractivity contribution in [2.24, 2.45) is 0 Å². The molecule has 2 heterocycles. The van der Waals surface area contributed by atoms with E-state index in [1.165, 1.54) is 6.92 Å². The van der Waals surface area contributed by atoms with Gasteiger partial charge >= 0.3 is 6.09 Å². The summed E-state index contributed by atoms with van der Waals surface area (Å²) < 4.78 is 16.6. The van der Waals surface area contributed by atoms with Crippen LogP contribution in [0.4, 0.5) is 10.5 Å². The molecule has 1 aromatic carbocycles. The molecule has 2 amide bonds. The first-order chi connectivity index (χ1) is 10.6. The zero-order chi connectivity index (χ0) is 15.5. The largest absolute Gasteiger partial charge is 0.441 e. The van der Waals surface area contributed by atoms with Crippen LogP contribution in [0.25, 0.3) is 0 Å². The Bertz CT molecular complexity index is 550. The van der Waals surface area contributed by atoms with Crippen LogP contribution >= 0.6 is 0 Å². The second-order valence-corrected chi connectivity index (χ2v) is 5.34. The fourth-order valence-corrected chi connectivity index (χ4v) is 2.76. The van der Waals surface area contributed by atoms with Crippen LogP contribution in [-0.2, 0) is 19.0 Å². The summed E-state index contributed by atoms with van der Waals surface area (Å²) in [5.41, 5.74) is 0.659. The number of rotatable bonds is 3. The van der Waals surface area contributed by atoms with Gasteiger partial charge in [0.1, 0.15) is 12.2 Å². The lowest BCUT2D eigenvalue weighted by atomic mass is 10.1. The van der Waals surface area contributed by atoms with Gasteiger partial charge in [0.2, 0.25) is 5.91 Å². The zero-order valence-electron chi connectivity index (χ0n) is 12.2. The van der Waals surface area contributed by atoms with E-state index in [0.29, 0.717) is 12.3 Å². The summed E-state index contributed by atoms with van der Waals surface area (Å²) in [7, 11) is 0. The monoisotopic (exact) mass is 306 g/mol. The summed E-state index contributed by atoms with van der Waals surface area (Å²) >= 11 is 0. The van der Waals surface area contributed by atoms with Crippen LogP contribution in [0.5, 0.6) is 0 Å². The number of hydrogen-bond donors (Lipinski definition) is 2. The molecule has 2 N–H and O–H groups in total. The fourth-order valence-electron chi connectivity index (χ4n) is 2.76. The maximum absolute atomic E-state index is 11.9. The summed E-state index contributed by atoms with van der Waals surface area (Å²) in [5.74, 6) is -0.135. The Kier molecular flexibility index (Phi) is 4.26. The van der Waals surface area contributed by atoms with Gasteiger partial charge in [-0.05, 0) is 12.1 Å². The molecular formula is C15H18N2O5. The van der Waals surface area contributed by atoms with Crippen molar-refractivity contribution in [2.45, 2.75) is 31.3 Å². The number of ether oxygens (including phenoxy) is 3. The minimum absolute atomic E-state index is 0.135. The molecule has 0 bridgehead atoms. The van der Waals surface area contributed by atoms with E-state index in [2.05, 4.69) is 10.6 Å². The summed E-state index contributed by atoms with van der Waals surface area (Å²) in [6.07, 6.45) is -1.66. The lowest BCUT2D eigenvalue weighted by Gasteiger charge is -2.17. The van der Waals surface area contributed by atoms with Gasteiger partial charge in [-0.3, -0.25) is 10.1 Å². The average molecular weight is 306 g/mol. The molecule has 0 spiro atoms. The Morgan fingerprint density at radius 1 is 1.14 bits per heavy atom. The van der Waals surface area contributed by atoms with Gasteiger partial charge < -0.3 is 19.5 Å². The molecule has 0 radical (unpaired) electrons. The number of anilines is 1. The summed E-state index contributed by atoms with van der Waals surface area (Å²) in [5, 5.41) is 5.43. The van der Waals surface area contributed by atoms with Crippen molar-refractivity contribution in [1.29, 1.82) is 0 Å². The highest BCUT2D eigenvalue weighted by atomic mass is 16.6. The molecule has 4 unspecified atom stereocenters. The smallest absolute Gasteiger partial charge is 0.412 e. The van der Waals surface area contributed by atoms with Gasteiger partial charge in [-0.25, -0.2) is 4.79 Å². The molecular weight excluding hydrogens is 288 g/mol. The molecule has 7 nitrogen and oxygen atoms in total. The summed E-state index contributed by atoms with van der Waals surface area (Å²) in [4.78, 5) is 23.0. The molecule has 2 aliphatic heterocycles. The number of carbonyl (C=O) groups excluding carboxylic acids is 2. The van der Waals surface area contributed by atoms with E-state index in [-0.39, 0.29) is 30.8 Å². The molecule has 0 saturated carbocycles. The molecule has 0 aliphatic carbocycles. The molecule has 3 rings (SSSR count). The molecule has 0 aromatic heterocycles. The summed E-state index contributed by atoms with van der Waals surface area (Å²) in [6.45, 7) is 2.06. The highest BCUT2D eigenvalue weighted by Crippen LogP contribution is 2.29. The first-order valence-corrected chi connectivity index (χ1v) is 7.16. The third kappa shape index (κ3) is 3.20. The van der Waals surface area contributed by atoms with Crippen molar-refractivity contribution >= 4 is 17.7 Å². The molecule has 22 heavy (non-hydrogen) atoms. The maximum Gasteiger partial charge on any atom is 0.412 e. The number of nitrogens with one attached hydrogen (secondary N) is 2. The predicted octanol–water partition coefficient (Wildman–Crippen LogP) is 0.906. The zero-order valence-corrected chi connectivity index (χ0v) is 12.2. The van der Waals surface area contributed by atoms with Gasteiger partial charge in [0, 0.05) is 12.6 Å². The van der Waals surface area contributed by atoms with E-state index in [0.717, 1.165) is 0 Å². The molecule has 2 fully saturated rings. The van der Waals surface area contributed by atoms with Crippen LogP contribution in [0.3, 0.4) is 0 Å². The third-order valence-corrected chi connectivity index (χ3v) is 3.68. The van der Waals surface area contributed by atoms with Crippen LogP contribution in [0.1, 0.15) is 6.92 Å². The van der Waals surface area contributed by atoms with Crippen molar-refractivity contribution < 1.29 is 23.8 Å². The third-order valence-electron chi connectivity index (χ3n) is 3.68. The predicted molar refractivity (Wildman–Crippen MR) is 77.4 cm³/mol. The van der Waals surface area contributed by atoms with Crippen LogP contribution < -0.4 is 10.6 Å². The van der Waals surface area contributed by atoms with E-state index >= 15 is 0 Å². The van der Waals surface area contributed by atoms with Gasteiger partial charge in [0.15, 0.2) is 6.10 Å². The number of amides is 2. The number of hydrogen-bond acceptors (Lipinski definition) is 5. The van der Waals surface area contributed by atoms with E-state index in [1.54, 1.807) is 12.1 Å². The maximum atomic E-state index is 11.9. The Morgan fingerprint density at radius 2 is 1.86 bits per heavy atom. The van der Waals surface area contributed by atoms with Gasteiger partial charge in [-0.15, -0.1) is 0 Å². The molecule has 1 aromatic rings. The van der Waals surface area contributed by atoms with Gasteiger partial charge in [-0.1, -0.05) is 18.2 Å². The Balaban J connectivity index is 1.54. The number of para-hydroxylation sites is 1. The Labute approximate surface area is 127 Å². The van der Waals surface area contributed by atoms with Gasteiger partial charge in [-0.2, -0.15) is 0 Å². The van der Waals surface area contributed by atoms with Gasteiger partial charge in [0.05, 0.1) is 19.3 Å². The SMILES string of the molecule is CC(=O)NC1COC2C(OC(=O)Nc3ccccc3)COC12. The molecule has 118 valence electrons. The number of carbonyl (C=O) groups is 2. The lowest BCUT2D eigenvalue weighted by molar-refractivity contribution is -0.120. The molecule has 2 saturated heterocycles. The number of benzene rings is 1. The average Bonchev–Trinajstić information content (AvgIpc) is 3.04. The van der Waals surface area contributed by atoms with E-state index in [9.17, 15) is 9.59 Å². The van der Waals surface area contributed by atoms with Crippen LogP contribution in [-0.4, -0.2) is 49.6 Å². The standard InChI is InChI=1S/C15H18N2O5/c1-9(18)16-11-7-20-14-12(8-21-13(11)14)22-15(19)17-10-5-3-2-4-6-10/h2-6,11-14H,7-8H2,1H3,(H,16,18)(H,17,19). The first kappa shape index (κ1) is 14.8. The van der Waals surface area contributed by atoms with Crippen molar-refractivity contribution in [3.05, 3.63) is 30.3 Å². The minimum Gasteiger partial charge on any atom is -0.441 e. The second-order valence-electron chi connectivity index (χ2n) is 5.34. The van der Waals surface area contributed by atoms with E-state index < -0.39 is 12.2 Å². The highest BCUT2D eigenvalue weighted by Gasteiger charge is 2.49. The van der Waals surface area contributed by atoms with E-state index in [4.69, 9.17) is 14.2 Å². The van der Waals surface area contributed by atoms with Crippen LogP contribution in [0, 0.1) is 0 Å². The van der Waals surface area contributed by atoms with Gasteiger partial charge in [0.25, 0.3) is 0 Å². The van der Waals surface area contributed by atoms with Crippen LogP contribution in [0.15, 0.2) is 30.3 Å². The van der Waals surface area contributed by atoms with Crippen molar-refractivity contribution in [2.75, 3.05) is 18.5 Å². The topological polar surface area (TPSA) is 85.9 Å². The first-order valence-electron chi connectivity index (χ1n) is 7.16. The number of fused-ring (bicyclic) bond motifs is 1.